The Hall–Kier alpha value is -2.69. The van der Waals surface area contributed by atoms with Gasteiger partial charge in [-0.15, -0.1) is 0 Å². The molecule has 5 nitrogen and oxygen atoms in total. The molecule has 0 saturated carbocycles. The minimum atomic E-state index is -0.231. The number of nitrogens with two attached hydrogens (primary N) is 1. The molecule has 0 unspecified atom stereocenters. The first-order valence-electron chi connectivity index (χ1n) is 7.60. The summed E-state index contributed by atoms with van der Waals surface area (Å²) >= 11 is 0. The highest BCUT2D eigenvalue weighted by Crippen LogP contribution is 2.19. The highest BCUT2D eigenvalue weighted by molar-refractivity contribution is 5.93. The molecule has 0 spiro atoms. The highest BCUT2D eigenvalue weighted by atomic mass is 16.5. The molecule has 5 heteroatoms. The molecule has 0 aliphatic carbocycles. The molecule has 3 N–H and O–H groups in total. The van der Waals surface area contributed by atoms with Gasteiger partial charge in [0.05, 0.1) is 6.61 Å². The van der Waals surface area contributed by atoms with Crippen LogP contribution in [0.5, 0.6) is 11.5 Å². The van der Waals surface area contributed by atoms with Gasteiger partial charge in [0.2, 0.25) is 0 Å². The Morgan fingerprint density at radius 1 is 1.09 bits per heavy atom. The Kier molecular flexibility index (Phi) is 5.86. The van der Waals surface area contributed by atoms with Crippen LogP contribution in [0.4, 0.5) is 11.4 Å². The van der Waals surface area contributed by atoms with Gasteiger partial charge >= 0.3 is 0 Å². The predicted octanol–water partition coefficient (Wildman–Crippen LogP) is 3.38. The topological polar surface area (TPSA) is 73.6 Å². The van der Waals surface area contributed by atoms with Crippen molar-refractivity contribution in [3.8, 4) is 11.5 Å². The van der Waals surface area contributed by atoms with Crippen molar-refractivity contribution in [1.82, 2.24) is 0 Å². The number of anilines is 2. The van der Waals surface area contributed by atoms with E-state index in [1.54, 1.807) is 24.3 Å². The number of amides is 1. The van der Waals surface area contributed by atoms with Crippen LogP contribution in [0.25, 0.3) is 0 Å². The van der Waals surface area contributed by atoms with Gasteiger partial charge in [-0.2, -0.15) is 0 Å². The molecule has 0 heterocycles. The van der Waals surface area contributed by atoms with E-state index in [1.165, 1.54) is 0 Å². The second kappa shape index (κ2) is 8.08. The molecule has 0 aromatic heterocycles. The van der Waals surface area contributed by atoms with Crippen LogP contribution in [0, 0.1) is 6.92 Å². The van der Waals surface area contributed by atoms with Crippen molar-refractivity contribution in [1.29, 1.82) is 0 Å². The number of ether oxygens (including phenoxy) is 2. The molecule has 0 saturated heterocycles. The van der Waals surface area contributed by atoms with Crippen molar-refractivity contribution in [3.05, 3.63) is 48.0 Å². The summed E-state index contributed by atoms with van der Waals surface area (Å²) < 4.78 is 11.0. The van der Waals surface area contributed by atoms with E-state index in [4.69, 9.17) is 15.2 Å². The molecule has 2 aromatic carbocycles. The van der Waals surface area contributed by atoms with E-state index in [9.17, 15) is 4.79 Å². The van der Waals surface area contributed by atoms with E-state index in [0.29, 0.717) is 23.7 Å². The molecule has 122 valence electrons. The van der Waals surface area contributed by atoms with Crippen molar-refractivity contribution < 1.29 is 14.3 Å². The fourth-order valence-electron chi connectivity index (χ4n) is 1.96. The van der Waals surface area contributed by atoms with Crippen LogP contribution >= 0.6 is 0 Å². The number of carbonyl (C=O) groups is 1. The number of nitrogens with one attached hydrogen (secondary N) is 1. The Bertz CT molecular complexity index is 654. The summed E-state index contributed by atoms with van der Waals surface area (Å²) in [5.41, 5.74) is 7.97. The van der Waals surface area contributed by atoms with Crippen LogP contribution in [0.2, 0.25) is 0 Å². The smallest absolute Gasteiger partial charge is 0.262 e. The van der Waals surface area contributed by atoms with Gasteiger partial charge in [0.25, 0.3) is 5.91 Å². The molecule has 2 aromatic rings. The number of benzene rings is 2. The van der Waals surface area contributed by atoms with E-state index in [-0.39, 0.29) is 12.5 Å². The first-order valence-corrected chi connectivity index (χ1v) is 7.60. The van der Waals surface area contributed by atoms with Crippen LogP contribution in [-0.4, -0.2) is 19.1 Å². The molecule has 23 heavy (non-hydrogen) atoms. The van der Waals surface area contributed by atoms with Gasteiger partial charge in [0, 0.05) is 11.4 Å². The average molecular weight is 314 g/mol. The van der Waals surface area contributed by atoms with Gasteiger partial charge < -0.3 is 20.5 Å². The number of rotatable bonds is 7. The summed E-state index contributed by atoms with van der Waals surface area (Å²) in [7, 11) is 0. The van der Waals surface area contributed by atoms with E-state index in [1.807, 2.05) is 25.1 Å². The molecule has 2 rings (SSSR count). The minimum absolute atomic E-state index is 0.0661. The summed E-state index contributed by atoms with van der Waals surface area (Å²) in [4.78, 5) is 12.0. The van der Waals surface area contributed by atoms with Crippen molar-refractivity contribution in [3.63, 3.8) is 0 Å². The Morgan fingerprint density at radius 3 is 2.39 bits per heavy atom. The van der Waals surface area contributed by atoms with E-state index < -0.39 is 0 Å². The molecular formula is C18H22N2O3. The molecule has 0 atom stereocenters. The molecule has 1 amide bonds. The van der Waals surface area contributed by atoms with Gasteiger partial charge in [-0.1, -0.05) is 13.0 Å². The van der Waals surface area contributed by atoms with Crippen LogP contribution < -0.4 is 20.5 Å². The second-order valence-corrected chi connectivity index (χ2v) is 5.23. The largest absolute Gasteiger partial charge is 0.494 e. The lowest BCUT2D eigenvalue weighted by Gasteiger charge is -2.11. The quantitative estimate of drug-likeness (QED) is 0.768. The monoisotopic (exact) mass is 314 g/mol. The van der Waals surface area contributed by atoms with Gasteiger partial charge in [0.1, 0.15) is 11.5 Å². The van der Waals surface area contributed by atoms with Gasteiger partial charge in [-0.25, -0.2) is 0 Å². The molecule has 0 aliphatic heterocycles. The van der Waals surface area contributed by atoms with Gasteiger partial charge in [0.15, 0.2) is 6.61 Å². The third kappa shape index (κ3) is 5.21. The van der Waals surface area contributed by atoms with Crippen molar-refractivity contribution in [2.75, 3.05) is 24.3 Å². The number of hydrogen-bond donors (Lipinski definition) is 2. The summed E-state index contributed by atoms with van der Waals surface area (Å²) in [5, 5.41) is 2.79. The highest BCUT2D eigenvalue weighted by Gasteiger charge is 2.06. The summed E-state index contributed by atoms with van der Waals surface area (Å²) in [6.07, 6.45) is 0.960. The van der Waals surface area contributed by atoms with E-state index >= 15 is 0 Å². The summed E-state index contributed by atoms with van der Waals surface area (Å²) in [5.74, 6) is 1.18. The zero-order chi connectivity index (χ0) is 16.7. The molecule has 0 aliphatic rings. The van der Waals surface area contributed by atoms with Crippen molar-refractivity contribution in [2.24, 2.45) is 0 Å². The SMILES string of the molecule is CCCOc1ccc(OCC(=O)Nc2cc(N)ccc2C)cc1. The minimum Gasteiger partial charge on any atom is -0.494 e. The number of hydrogen-bond acceptors (Lipinski definition) is 4. The normalized spacial score (nSPS) is 10.2. The van der Waals surface area contributed by atoms with Crippen LogP contribution in [0.15, 0.2) is 42.5 Å². The fourth-order valence-corrected chi connectivity index (χ4v) is 1.96. The second-order valence-electron chi connectivity index (χ2n) is 5.23. The summed E-state index contributed by atoms with van der Waals surface area (Å²) in [6, 6.07) is 12.6. The van der Waals surface area contributed by atoms with E-state index in [2.05, 4.69) is 12.2 Å². The molecular weight excluding hydrogens is 292 g/mol. The number of aryl methyl sites for hydroxylation is 1. The van der Waals surface area contributed by atoms with Crippen molar-refractivity contribution in [2.45, 2.75) is 20.3 Å². The number of nitrogen functional groups attached to an aromatic ring is 1. The van der Waals surface area contributed by atoms with E-state index in [0.717, 1.165) is 17.7 Å². The third-order valence-corrected chi connectivity index (χ3v) is 3.20. The Labute approximate surface area is 136 Å². The zero-order valence-electron chi connectivity index (χ0n) is 13.5. The molecule has 0 bridgehead atoms. The maximum absolute atomic E-state index is 12.0. The maximum atomic E-state index is 12.0. The van der Waals surface area contributed by atoms with Crippen molar-refractivity contribution >= 4 is 17.3 Å². The van der Waals surface area contributed by atoms with Gasteiger partial charge in [-0.05, 0) is 55.3 Å². The summed E-state index contributed by atoms with van der Waals surface area (Å²) in [6.45, 7) is 4.58. The lowest BCUT2D eigenvalue weighted by Crippen LogP contribution is -2.20. The predicted molar refractivity (Wildman–Crippen MR) is 91.9 cm³/mol. The number of carbonyl (C=O) groups excluding carboxylic acids is 1. The van der Waals surface area contributed by atoms with Crippen LogP contribution in [0.1, 0.15) is 18.9 Å². The Morgan fingerprint density at radius 2 is 1.74 bits per heavy atom. The fraction of sp³-hybridized carbons (Fsp3) is 0.278. The molecule has 0 radical (unpaired) electrons. The van der Waals surface area contributed by atoms with Gasteiger partial charge in [-0.3, -0.25) is 4.79 Å². The standard InChI is InChI=1S/C18H22N2O3/c1-3-10-22-15-6-8-16(9-7-15)23-12-18(21)20-17-11-14(19)5-4-13(17)2/h4-9,11H,3,10,12,19H2,1-2H3,(H,20,21). The van der Waals surface area contributed by atoms with Crippen LogP contribution in [-0.2, 0) is 4.79 Å². The Balaban J connectivity index is 1.85. The third-order valence-electron chi connectivity index (χ3n) is 3.20. The lowest BCUT2D eigenvalue weighted by atomic mass is 10.2. The maximum Gasteiger partial charge on any atom is 0.262 e. The van der Waals surface area contributed by atoms with Crippen LogP contribution in [0.3, 0.4) is 0 Å². The zero-order valence-corrected chi connectivity index (χ0v) is 13.5. The first kappa shape index (κ1) is 16.7. The molecule has 0 fully saturated rings. The average Bonchev–Trinajstić information content (AvgIpc) is 2.55. The lowest BCUT2D eigenvalue weighted by molar-refractivity contribution is -0.118. The first-order chi connectivity index (χ1) is 11.1.